The minimum absolute atomic E-state index is 0.0690. The van der Waals surface area contributed by atoms with E-state index in [1.165, 1.54) is 0 Å². The van der Waals surface area contributed by atoms with Crippen molar-refractivity contribution in [3.05, 3.63) is 12.0 Å². The Morgan fingerprint density at radius 3 is 2.88 bits per heavy atom. The fourth-order valence-corrected chi connectivity index (χ4v) is 1.70. The topological polar surface area (TPSA) is 73.1 Å². The number of nitrogens with one attached hydrogen (secondary N) is 1. The van der Waals surface area contributed by atoms with E-state index >= 15 is 0 Å². The lowest BCUT2D eigenvalue weighted by atomic mass is 9.92. The Balaban J connectivity index is 2.15. The maximum Gasteiger partial charge on any atom is 0.222 e. The van der Waals surface area contributed by atoms with Crippen molar-refractivity contribution < 1.29 is 9.13 Å². The van der Waals surface area contributed by atoms with Crippen LogP contribution in [0.3, 0.4) is 0 Å². The number of hydrogen-bond donors (Lipinski definition) is 2. The zero-order valence-corrected chi connectivity index (χ0v) is 9.16. The summed E-state index contributed by atoms with van der Waals surface area (Å²) in [6, 6.07) is 0. The van der Waals surface area contributed by atoms with Crippen molar-refractivity contribution in [2.45, 2.75) is 25.3 Å². The van der Waals surface area contributed by atoms with Gasteiger partial charge in [0.15, 0.2) is 11.6 Å². The molecule has 2 rings (SSSR count). The van der Waals surface area contributed by atoms with Crippen LogP contribution in [0.1, 0.15) is 19.8 Å². The fraction of sp³-hybridized carbons (Fsp3) is 0.600. The molecule has 0 radical (unpaired) electrons. The third kappa shape index (κ3) is 2.38. The molecule has 1 fully saturated rings. The van der Waals surface area contributed by atoms with Crippen molar-refractivity contribution in [3.63, 3.8) is 0 Å². The molecule has 0 bridgehead atoms. The zero-order chi connectivity index (χ0) is 11.6. The Bertz CT molecular complexity index is 379. The van der Waals surface area contributed by atoms with E-state index in [4.69, 9.17) is 10.5 Å². The van der Waals surface area contributed by atoms with Gasteiger partial charge in [0.2, 0.25) is 5.95 Å². The first kappa shape index (κ1) is 11.1. The molecular formula is C10H15FN4O. The van der Waals surface area contributed by atoms with Crippen molar-refractivity contribution >= 4 is 11.8 Å². The quantitative estimate of drug-likeness (QED) is 0.792. The van der Waals surface area contributed by atoms with Crippen LogP contribution in [0.2, 0.25) is 0 Å². The van der Waals surface area contributed by atoms with Gasteiger partial charge in [-0.1, -0.05) is 0 Å². The van der Waals surface area contributed by atoms with Gasteiger partial charge in [-0.05, 0) is 19.8 Å². The summed E-state index contributed by atoms with van der Waals surface area (Å²) >= 11 is 0. The molecule has 0 amide bonds. The molecule has 3 N–H and O–H groups in total. The lowest BCUT2D eigenvalue weighted by molar-refractivity contribution is 0.0656. The number of halogens is 1. The monoisotopic (exact) mass is 226 g/mol. The van der Waals surface area contributed by atoms with Crippen LogP contribution in [-0.4, -0.2) is 28.7 Å². The smallest absolute Gasteiger partial charge is 0.222 e. The Labute approximate surface area is 93.2 Å². The number of aromatic nitrogens is 2. The number of nitrogen functional groups attached to an aromatic ring is 1. The van der Waals surface area contributed by atoms with Crippen molar-refractivity contribution in [2.75, 3.05) is 24.3 Å². The average molecular weight is 226 g/mol. The maximum absolute atomic E-state index is 13.4. The van der Waals surface area contributed by atoms with E-state index in [0.29, 0.717) is 13.2 Å². The Kier molecular flexibility index (Phi) is 2.91. The normalized spacial score (nSPS) is 19.4. The molecule has 1 aliphatic rings. The van der Waals surface area contributed by atoms with Crippen molar-refractivity contribution in [1.82, 2.24) is 9.97 Å². The first-order valence-corrected chi connectivity index (χ1v) is 5.23. The molecule has 6 heteroatoms. The molecule has 0 atom stereocenters. The Morgan fingerprint density at radius 1 is 1.50 bits per heavy atom. The van der Waals surface area contributed by atoms with Gasteiger partial charge in [-0.2, -0.15) is 4.98 Å². The standard InChI is InChI=1S/C10H15FN4O/c1-10(2-4-16-5-3-10)15-8-7(11)6-13-9(12)14-8/h6H,2-5H2,1H3,(H3,12,13,14,15). The lowest BCUT2D eigenvalue weighted by Gasteiger charge is -2.34. The maximum atomic E-state index is 13.4. The first-order chi connectivity index (χ1) is 7.59. The highest BCUT2D eigenvalue weighted by atomic mass is 19.1. The van der Waals surface area contributed by atoms with E-state index in [9.17, 15) is 4.39 Å². The molecule has 5 nitrogen and oxygen atoms in total. The Hall–Kier alpha value is -1.43. The van der Waals surface area contributed by atoms with Crippen LogP contribution in [0.25, 0.3) is 0 Å². The van der Waals surface area contributed by atoms with Crippen molar-refractivity contribution in [1.29, 1.82) is 0 Å². The lowest BCUT2D eigenvalue weighted by Crippen LogP contribution is -2.41. The summed E-state index contributed by atoms with van der Waals surface area (Å²) in [5.74, 6) is -0.252. The zero-order valence-electron chi connectivity index (χ0n) is 9.16. The van der Waals surface area contributed by atoms with Crippen LogP contribution in [0.4, 0.5) is 16.2 Å². The number of anilines is 2. The van der Waals surface area contributed by atoms with Gasteiger partial charge >= 0.3 is 0 Å². The van der Waals surface area contributed by atoms with Gasteiger partial charge in [-0.15, -0.1) is 0 Å². The second-order valence-electron chi connectivity index (χ2n) is 4.22. The molecule has 0 unspecified atom stereocenters. The minimum Gasteiger partial charge on any atom is -0.381 e. The van der Waals surface area contributed by atoms with Gasteiger partial charge in [-0.25, -0.2) is 9.37 Å². The molecule has 1 aromatic rings. The largest absolute Gasteiger partial charge is 0.381 e. The minimum atomic E-state index is -0.484. The molecule has 0 saturated carbocycles. The molecular weight excluding hydrogens is 211 g/mol. The van der Waals surface area contributed by atoms with Gasteiger partial charge in [0.05, 0.1) is 6.20 Å². The third-order valence-corrected chi connectivity index (χ3v) is 2.78. The van der Waals surface area contributed by atoms with Crippen LogP contribution in [0, 0.1) is 5.82 Å². The van der Waals surface area contributed by atoms with Gasteiger partial charge in [0, 0.05) is 18.8 Å². The SMILES string of the molecule is CC1(Nc2nc(N)ncc2F)CCOCC1. The number of nitrogens with two attached hydrogens (primary N) is 1. The summed E-state index contributed by atoms with van der Waals surface area (Å²) in [5.41, 5.74) is 5.23. The van der Waals surface area contributed by atoms with E-state index in [1.54, 1.807) is 0 Å². The van der Waals surface area contributed by atoms with Gasteiger partial charge in [0.25, 0.3) is 0 Å². The van der Waals surface area contributed by atoms with E-state index in [0.717, 1.165) is 19.0 Å². The van der Waals surface area contributed by atoms with E-state index in [-0.39, 0.29) is 17.3 Å². The highest BCUT2D eigenvalue weighted by Gasteiger charge is 2.28. The highest BCUT2D eigenvalue weighted by Crippen LogP contribution is 2.25. The van der Waals surface area contributed by atoms with Crippen LogP contribution in [-0.2, 0) is 4.74 Å². The van der Waals surface area contributed by atoms with Crippen molar-refractivity contribution in [2.24, 2.45) is 0 Å². The Morgan fingerprint density at radius 2 is 2.19 bits per heavy atom. The highest BCUT2D eigenvalue weighted by molar-refractivity contribution is 5.41. The molecule has 0 spiro atoms. The fourth-order valence-electron chi connectivity index (χ4n) is 1.70. The van der Waals surface area contributed by atoms with E-state index in [1.807, 2.05) is 6.92 Å². The van der Waals surface area contributed by atoms with Crippen LogP contribution < -0.4 is 11.1 Å². The molecule has 16 heavy (non-hydrogen) atoms. The molecule has 2 heterocycles. The summed E-state index contributed by atoms with van der Waals surface area (Å²) < 4.78 is 18.7. The average Bonchev–Trinajstić information content (AvgIpc) is 2.24. The van der Waals surface area contributed by atoms with Crippen LogP contribution in [0.15, 0.2) is 6.20 Å². The second kappa shape index (κ2) is 4.21. The first-order valence-electron chi connectivity index (χ1n) is 5.23. The number of rotatable bonds is 2. The van der Waals surface area contributed by atoms with Gasteiger partial charge < -0.3 is 15.8 Å². The van der Waals surface area contributed by atoms with Gasteiger partial charge in [0.1, 0.15) is 0 Å². The number of hydrogen-bond acceptors (Lipinski definition) is 5. The summed E-state index contributed by atoms with van der Waals surface area (Å²) in [6.45, 7) is 3.37. The van der Waals surface area contributed by atoms with E-state index < -0.39 is 5.82 Å². The summed E-state index contributed by atoms with van der Waals surface area (Å²) in [7, 11) is 0. The van der Waals surface area contributed by atoms with Crippen molar-refractivity contribution in [3.8, 4) is 0 Å². The summed E-state index contributed by atoms with van der Waals surface area (Å²) in [5, 5.41) is 3.08. The molecule has 0 aromatic carbocycles. The summed E-state index contributed by atoms with van der Waals surface area (Å²) in [6.07, 6.45) is 2.71. The van der Waals surface area contributed by atoms with Gasteiger partial charge in [-0.3, -0.25) is 0 Å². The van der Waals surface area contributed by atoms with Crippen LogP contribution >= 0.6 is 0 Å². The second-order valence-corrected chi connectivity index (χ2v) is 4.22. The predicted octanol–water partition coefficient (Wildman–Crippen LogP) is 1.18. The molecule has 0 aliphatic carbocycles. The number of nitrogens with zero attached hydrogens (tertiary/aromatic N) is 2. The molecule has 88 valence electrons. The molecule has 1 aromatic heterocycles. The molecule has 1 aliphatic heterocycles. The van der Waals surface area contributed by atoms with E-state index in [2.05, 4.69) is 15.3 Å². The third-order valence-electron chi connectivity index (χ3n) is 2.78. The number of ether oxygens (including phenoxy) is 1. The van der Waals surface area contributed by atoms with Crippen LogP contribution in [0.5, 0.6) is 0 Å². The predicted molar refractivity (Wildman–Crippen MR) is 58.5 cm³/mol. The molecule has 1 saturated heterocycles. The summed E-state index contributed by atoms with van der Waals surface area (Å²) in [4.78, 5) is 7.43.